The third kappa shape index (κ3) is 3.95. The second kappa shape index (κ2) is 6.03. The van der Waals surface area contributed by atoms with Crippen LogP contribution in [0.5, 0.6) is 0 Å². The number of carbonyl (C=O) groups is 1. The molecule has 6 nitrogen and oxygen atoms in total. The van der Waals surface area contributed by atoms with E-state index in [4.69, 9.17) is 5.73 Å². The number of carbonyl (C=O) groups excluding carboxylic acids is 1. The molecule has 0 bridgehead atoms. The Morgan fingerprint density at radius 1 is 1.38 bits per heavy atom. The van der Waals surface area contributed by atoms with Gasteiger partial charge in [-0.2, -0.15) is 0 Å². The fraction of sp³-hybridized carbons (Fsp3) is 0.500. The molecule has 1 aromatic rings. The van der Waals surface area contributed by atoms with E-state index in [1.165, 1.54) is 0 Å². The molecule has 0 saturated carbocycles. The van der Waals surface area contributed by atoms with Crippen LogP contribution >= 0.6 is 0 Å². The summed E-state index contributed by atoms with van der Waals surface area (Å²) in [6, 6.07) is 6.38. The molecule has 1 aliphatic heterocycles. The van der Waals surface area contributed by atoms with Gasteiger partial charge in [0.2, 0.25) is 5.91 Å². The van der Waals surface area contributed by atoms with Crippen molar-refractivity contribution in [2.45, 2.75) is 25.9 Å². The molecule has 2 unspecified atom stereocenters. The lowest BCUT2D eigenvalue weighted by molar-refractivity contribution is -0.121. The summed E-state index contributed by atoms with van der Waals surface area (Å²) >= 11 is 0. The maximum Gasteiger partial charge on any atom is 0.241 e. The SMILES string of the molecule is CC1CS(=O)(=O)CCN1C(C)C(=O)Nc1ccc(N)cc1. The number of nitrogens with two attached hydrogens (primary N) is 1. The lowest BCUT2D eigenvalue weighted by Gasteiger charge is -2.36. The summed E-state index contributed by atoms with van der Waals surface area (Å²) in [5.41, 5.74) is 6.91. The minimum atomic E-state index is -2.97. The molecule has 2 atom stereocenters. The number of benzene rings is 1. The molecule has 0 aliphatic carbocycles. The summed E-state index contributed by atoms with van der Waals surface area (Å²) < 4.78 is 23.2. The molecule has 7 heteroatoms. The average molecular weight is 311 g/mol. The van der Waals surface area contributed by atoms with E-state index in [-0.39, 0.29) is 29.5 Å². The highest BCUT2D eigenvalue weighted by Gasteiger charge is 2.33. The van der Waals surface area contributed by atoms with Crippen LogP contribution in [0.4, 0.5) is 11.4 Å². The number of hydrogen-bond acceptors (Lipinski definition) is 5. The topological polar surface area (TPSA) is 92.5 Å². The maximum absolute atomic E-state index is 12.3. The van der Waals surface area contributed by atoms with Crippen molar-refractivity contribution in [2.75, 3.05) is 29.1 Å². The predicted molar refractivity (Wildman–Crippen MR) is 83.8 cm³/mol. The minimum absolute atomic E-state index is 0.104. The van der Waals surface area contributed by atoms with Crippen molar-refractivity contribution in [2.24, 2.45) is 0 Å². The Kier molecular flexibility index (Phi) is 4.53. The molecular formula is C14H21N3O3S. The van der Waals surface area contributed by atoms with Crippen LogP contribution in [0.2, 0.25) is 0 Å². The molecule has 3 N–H and O–H groups in total. The Hall–Kier alpha value is -1.60. The predicted octanol–water partition coefficient (Wildman–Crippen LogP) is 0.715. The second-order valence-corrected chi connectivity index (χ2v) is 7.72. The highest BCUT2D eigenvalue weighted by molar-refractivity contribution is 7.91. The number of nitrogens with one attached hydrogen (secondary N) is 1. The van der Waals surface area contributed by atoms with E-state index in [9.17, 15) is 13.2 Å². The lowest BCUT2D eigenvalue weighted by atomic mass is 10.2. The van der Waals surface area contributed by atoms with Crippen LogP contribution in [-0.2, 0) is 14.6 Å². The summed E-state index contributed by atoms with van der Waals surface area (Å²) in [5, 5.41) is 2.82. The first kappa shape index (κ1) is 15.8. The Morgan fingerprint density at radius 2 is 2.00 bits per heavy atom. The van der Waals surface area contributed by atoms with Gasteiger partial charge in [0.1, 0.15) is 0 Å². The highest BCUT2D eigenvalue weighted by Crippen LogP contribution is 2.17. The van der Waals surface area contributed by atoms with Gasteiger partial charge in [-0.3, -0.25) is 9.69 Å². The molecule has 0 aromatic heterocycles. The van der Waals surface area contributed by atoms with E-state index in [1.54, 1.807) is 31.2 Å². The van der Waals surface area contributed by atoms with Crippen molar-refractivity contribution in [1.29, 1.82) is 0 Å². The van der Waals surface area contributed by atoms with Gasteiger partial charge in [0.25, 0.3) is 0 Å². The molecule has 1 aliphatic rings. The van der Waals surface area contributed by atoms with Gasteiger partial charge >= 0.3 is 0 Å². The van der Waals surface area contributed by atoms with Crippen molar-refractivity contribution in [1.82, 2.24) is 4.90 Å². The van der Waals surface area contributed by atoms with E-state index in [2.05, 4.69) is 5.32 Å². The number of nitrogen functional groups attached to an aromatic ring is 1. The number of nitrogens with zero attached hydrogens (tertiary/aromatic N) is 1. The van der Waals surface area contributed by atoms with Gasteiger partial charge in [-0.05, 0) is 38.1 Å². The Labute approximate surface area is 125 Å². The van der Waals surface area contributed by atoms with Gasteiger partial charge in [-0.25, -0.2) is 8.42 Å². The zero-order valence-corrected chi connectivity index (χ0v) is 13.1. The van der Waals surface area contributed by atoms with Crippen LogP contribution in [-0.4, -0.2) is 49.4 Å². The molecular weight excluding hydrogens is 290 g/mol. The fourth-order valence-electron chi connectivity index (χ4n) is 2.55. The first-order chi connectivity index (χ1) is 9.78. The molecule has 0 radical (unpaired) electrons. The third-order valence-corrected chi connectivity index (χ3v) is 5.57. The summed E-state index contributed by atoms with van der Waals surface area (Å²) in [6.07, 6.45) is 0. The van der Waals surface area contributed by atoms with Gasteiger partial charge in [-0.15, -0.1) is 0 Å². The molecule has 2 rings (SSSR count). The number of rotatable bonds is 3. The molecule has 116 valence electrons. The Morgan fingerprint density at radius 3 is 2.57 bits per heavy atom. The van der Waals surface area contributed by atoms with Crippen LogP contribution in [0, 0.1) is 0 Å². The van der Waals surface area contributed by atoms with E-state index in [1.807, 2.05) is 11.8 Å². The van der Waals surface area contributed by atoms with E-state index < -0.39 is 9.84 Å². The minimum Gasteiger partial charge on any atom is -0.399 e. The monoisotopic (exact) mass is 311 g/mol. The van der Waals surface area contributed by atoms with Gasteiger partial charge in [-0.1, -0.05) is 0 Å². The van der Waals surface area contributed by atoms with Gasteiger partial charge < -0.3 is 11.1 Å². The summed E-state index contributed by atoms with van der Waals surface area (Å²) in [7, 11) is -2.97. The lowest BCUT2D eigenvalue weighted by Crippen LogP contribution is -2.54. The number of sulfone groups is 1. The second-order valence-electron chi connectivity index (χ2n) is 5.49. The number of amides is 1. The van der Waals surface area contributed by atoms with Crippen molar-refractivity contribution < 1.29 is 13.2 Å². The molecule has 1 heterocycles. The normalized spacial score (nSPS) is 23.4. The molecule has 1 fully saturated rings. The summed E-state index contributed by atoms with van der Waals surface area (Å²) in [5.74, 6) is 0.0643. The molecule has 1 aromatic carbocycles. The van der Waals surface area contributed by atoms with Crippen molar-refractivity contribution in [3.05, 3.63) is 24.3 Å². The largest absolute Gasteiger partial charge is 0.399 e. The zero-order chi connectivity index (χ0) is 15.6. The van der Waals surface area contributed by atoms with Crippen LogP contribution in [0.1, 0.15) is 13.8 Å². The van der Waals surface area contributed by atoms with E-state index >= 15 is 0 Å². The fourth-order valence-corrected chi connectivity index (χ4v) is 4.13. The molecule has 1 saturated heterocycles. The molecule has 21 heavy (non-hydrogen) atoms. The molecule has 0 spiro atoms. The van der Waals surface area contributed by atoms with Crippen molar-refractivity contribution in [3.8, 4) is 0 Å². The Balaban J connectivity index is 2.01. The van der Waals surface area contributed by atoms with Crippen LogP contribution in [0.3, 0.4) is 0 Å². The zero-order valence-electron chi connectivity index (χ0n) is 12.2. The molecule has 1 amide bonds. The van der Waals surface area contributed by atoms with Gasteiger partial charge in [0.05, 0.1) is 17.5 Å². The van der Waals surface area contributed by atoms with Crippen molar-refractivity contribution >= 4 is 27.1 Å². The maximum atomic E-state index is 12.3. The first-order valence-electron chi connectivity index (χ1n) is 6.91. The standard InChI is InChI=1S/C14H21N3O3S/c1-10-9-21(19,20)8-7-17(10)11(2)14(18)16-13-5-3-12(15)4-6-13/h3-6,10-11H,7-9,15H2,1-2H3,(H,16,18). The third-order valence-electron chi connectivity index (χ3n) is 3.78. The average Bonchev–Trinajstić information content (AvgIpc) is 2.39. The summed E-state index contributed by atoms with van der Waals surface area (Å²) in [4.78, 5) is 14.2. The quantitative estimate of drug-likeness (QED) is 0.802. The van der Waals surface area contributed by atoms with Crippen molar-refractivity contribution in [3.63, 3.8) is 0 Å². The van der Waals surface area contributed by atoms with Crippen LogP contribution in [0.15, 0.2) is 24.3 Å². The van der Waals surface area contributed by atoms with E-state index in [0.717, 1.165) is 0 Å². The number of hydrogen-bond donors (Lipinski definition) is 2. The van der Waals surface area contributed by atoms with Gasteiger partial charge in [0, 0.05) is 24.0 Å². The highest BCUT2D eigenvalue weighted by atomic mass is 32.2. The first-order valence-corrected chi connectivity index (χ1v) is 8.73. The Bertz CT molecular complexity index is 613. The smallest absolute Gasteiger partial charge is 0.241 e. The summed E-state index contributed by atoms with van der Waals surface area (Å²) in [6.45, 7) is 4.02. The van der Waals surface area contributed by atoms with E-state index in [0.29, 0.717) is 17.9 Å². The number of anilines is 2. The van der Waals surface area contributed by atoms with Gasteiger partial charge in [0.15, 0.2) is 9.84 Å². The van der Waals surface area contributed by atoms with Crippen LogP contribution in [0.25, 0.3) is 0 Å². The van der Waals surface area contributed by atoms with Crippen LogP contribution < -0.4 is 11.1 Å².